The third kappa shape index (κ3) is 2.73. The summed E-state index contributed by atoms with van der Waals surface area (Å²) >= 11 is 6.14. The molecule has 1 heterocycles. The Morgan fingerprint density at radius 1 is 1.45 bits per heavy atom. The normalized spacial score (nSPS) is 21.8. The van der Waals surface area contributed by atoms with Gasteiger partial charge in [-0.2, -0.15) is 0 Å². The van der Waals surface area contributed by atoms with Crippen LogP contribution >= 0.6 is 11.6 Å². The third-order valence-corrected chi connectivity index (χ3v) is 5.92. The van der Waals surface area contributed by atoms with Crippen LogP contribution in [0.4, 0.5) is 11.4 Å². The molecule has 2 rings (SSSR count). The van der Waals surface area contributed by atoms with E-state index in [0.29, 0.717) is 24.3 Å². The smallest absolute Gasteiger partial charge is 0.271 e. The maximum Gasteiger partial charge on any atom is 0.271 e. The van der Waals surface area contributed by atoms with E-state index >= 15 is 0 Å². The number of sulfone groups is 1. The van der Waals surface area contributed by atoms with Gasteiger partial charge in [0.15, 0.2) is 9.84 Å². The van der Waals surface area contributed by atoms with Crippen molar-refractivity contribution in [3.63, 3.8) is 0 Å². The molecule has 8 heteroatoms. The van der Waals surface area contributed by atoms with Gasteiger partial charge in [-0.25, -0.2) is 8.42 Å². The molecule has 1 aromatic carbocycles. The molecular formula is C12H15ClN2O4S. The lowest BCUT2D eigenvalue weighted by Crippen LogP contribution is -2.45. The quantitative estimate of drug-likeness (QED) is 0.616. The number of aryl methyl sites for hydroxylation is 1. The van der Waals surface area contributed by atoms with Crippen LogP contribution in [0, 0.1) is 17.0 Å². The maximum atomic E-state index is 11.7. The summed E-state index contributed by atoms with van der Waals surface area (Å²) in [5.41, 5.74) is 1.30. The number of nitro benzene ring substituents is 1. The molecule has 0 saturated carbocycles. The molecule has 1 aliphatic heterocycles. The Hall–Kier alpha value is -1.34. The lowest BCUT2D eigenvalue weighted by Gasteiger charge is -2.34. The van der Waals surface area contributed by atoms with Crippen molar-refractivity contribution in [1.82, 2.24) is 0 Å². The van der Waals surface area contributed by atoms with E-state index in [1.165, 1.54) is 12.1 Å². The van der Waals surface area contributed by atoms with Gasteiger partial charge in [0, 0.05) is 25.2 Å². The fraction of sp³-hybridized carbons (Fsp3) is 0.500. The minimum atomic E-state index is -3.04. The Morgan fingerprint density at radius 3 is 2.60 bits per heavy atom. The van der Waals surface area contributed by atoms with Crippen LogP contribution in [0.5, 0.6) is 0 Å². The van der Waals surface area contributed by atoms with Crippen LogP contribution in [0.15, 0.2) is 12.1 Å². The van der Waals surface area contributed by atoms with E-state index in [1.54, 1.807) is 13.8 Å². The molecule has 110 valence electrons. The largest absolute Gasteiger partial charge is 0.368 e. The van der Waals surface area contributed by atoms with Crippen molar-refractivity contribution < 1.29 is 13.3 Å². The number of anilines is 1. The number of halogens is 1. The standard InChI is InChI=1S/C12H15ClN2O4S/c1-8-5-10(15(16)17)6-11(13)12(8)14-3-4-20(18,19)9(2)7-14/h5-6,9H,3-4,7H2,1-2H3. The van der Waals surface area contributed by atoms with E-state index in [0.717, 1.165) is 0 Å². The summed E-state index contributed by atoms with van der Waals surface area (Å²) in [6, 6.07) is 2.76. The second-order valence-corrected chi connectivity index (χ2v) is 7.92. The van der Waals surface area contributed by atoms with E-state index < -0.39 is 20.0 Å². The van der Waals surface area contributed by atoms with Gasteiger partial charge in [-0.15, -0.1) is 0 Å². The van der Waals surface area contributed by atoms with Crippen molar-refractivity contribution in [2.24, 2.45) is 0 Å². The number of non-ortho nitro benzene ring substituents is 1. The van der Waals surface area contributed by atoms with Crippen molar-refractivity contribution in [3.05, 3.63) is 32.8 Å². The van der Waals surface area contributed by atoms with Crippen LogP contribution in [-0.2, 0) is 9.84 Å². The maximum absolute atomic E-state index is 11.7. The summed E-state index contributed by atoms with van der Waals surface area (Å²) < 4.78 is 23.4. The van der Waals surface area contributed by atoms with Gasteiger partial charge >= 0.3 is 0 Å². The van der Waals surface area contributed by atoms with Gasteiger partial charge in [0.25, 0.3) is 5.69 Å². The zero-order chi connectivity index (χ0) is 15.1. The van der Waals surface area contributed by atoms with Crippen molar-refractivity contribution in [3.8, 4) is 0 Å². The summed E-state index contributed by atoms with van der Waals surface area (Å²) in [5.74, 6) is 0.0704. The topological polar surface area (TPSA) is 80.5 Å². The lowest BCUT2D eigenvalue weighted by atomic mass is 10.1. The average molecular weight is 319 g/mol. The first kappa shape index (κ1) is 15.1. The molecule has 0 aliphatic carbocycles. The van der Waals surface area contributed by atoms with Crippen LogP contribution in [0.25, 0.3) is 0 Å². The molecule has 0 bridgehead atoms. The first-order chi connectivity index (χ1) is 9.22. The second-order valence-electron chi connectivity index (χ2n) is 4.97. The summed E-state index contributed by atoms with van der Waals surface area (Å²) in [7, 11) is -3.04. The highest BCUT2D eigenvalue weighted by atomic mass is 35.5. The van der Waals surface area contributed by atoms with Crippen molar-refractivity contribution in [2.75, 3.05) is 23.7 Å². The Bertz CT molecular complexity index is 636. The highest BCUT2D eigenvalue weighted by Crippen LogP contribution is 2.35. The lowest BCUT2D eigenvalue weighted by molar-refractivity contribution is -0.384. The van der Waals surface area contributed by atoms with Crippen molar-refractivity contribution in [2.45, 2.75) is 19.1 Å². The fourth-order valence-corrected chi connectivity index (χ4v) is 4.05. The molecule has 0 radical (unpaired) electrons. The van der Waals surface area contributed by atoms with E-state index in [9.17, 15) is 18.5 Å². The van der Waals surface area contributed by atoms with Crippen molar-refractivity contribution >= 4 is 32.8 Å². The summed E-state index contributed by atoms with van der Waals surface area (Å²) in [5, 5.41) is 10.6. The molecule has 1 atom stereocenters. The molecule has 0 amide bonds. The van der Waals surface area contributed by atoms with E-state index in [4.69, 9.17) is 11.6 Å². The van der Waals surface area contributed by atoms with Crippen LogP contribution < -0.4 is 4.90 Å². The van der Waals surface area contributed by atoms with Gasteiger partial charge in [0.05, 0.1) is 26.6 Å². The predicted octanol–water partition coefficient (Wildman–Crippen LogP) is 2.18. The SMILES string of the molecule is Cc1cc([N+](=O)[O-])cc(Cl)c1N1CCS(=O)(=O)C(C)C1. The van der Waals surface area contributed by atoms with Crippen LogP contribution in [0.2, 0.25) is 5.02 Å². The van der Waals surface area contributed by atoms with E-state index in [2.05, 4.69) is 0 Å². The Balaban J connectivity index is 2.37. The van der Waals surface area contributed by atoms with Crippen LogP contribution in [0.1, 0.15) is 12.5 Å². The molecule has 0 spiro atoms. The summed E-state index contributed by atoms with van der Waals surface area (Å²) in [6.07, 6.45) is 0. The number of benzene rings is 1. The molecule has 20 heavy (non-hydrogen) atoms. The van der Waals surface area contributed by atoms with Gasteiger partial charge in [-0.1, -0.05) is 11.6 Å². The Labute approximate surface area is 122 Å². The van der Waals surface area contributed by atoms with Crippen LogP contribution in [0.3, 0.4) is 0 Å². The number of rotatable bonds is 2. The minimum absolute atomic E-state index is 0.0612. The van der Waals surface area contributed by atoms with E-state index in [1.807, 2.05) is 4.90 Å². The predicted molar refractivity (Wildman–Crippen MR) is 78.3 cm³/mol. The molecular weight excluding hydrogens is 304 g/mol. The molecule has 1 aliphatic rings. The molecule has 1 aromatic rings. The highest BCUT2D eigenvalue weighted by Gasteiger charge is 2.31. The molecule has 0 N–H and O–H groups in total. The molecule has 1 fully saturated rings. The van der Waals surface area contributed by atoms with Crippen molar-refractivity contribution in [1.29, 1.82) is 0 Å². The molecule has 1 saturated heterocycles. The Kier molecular flexibility index (Phi) is 3.93. The highest BCUT2D eigenvalue weighted by molar-refractivity contribution is 7.92. The first-order valence-corrected chi connectivity index (χ1v) is 8.23. The monoisotopic (exact) mass is 318 g/mol. The molecule has 0 aromatic heterocycles. The fourth-order valence-electron chi connectivity index (χ4n) is 2.38. The van der Waals surface area contributed by atoms with E-state index in [-0.39, 0.29) is 16.5 Å². The summed E-state index contributed by atoms with van der Waals surface area (Å²) in [6.45, 7) is 4.10. The zero-order valence-corrected chi connectivity index (χ0v) is 12.7. The van der Waals surface area contributed by atoms with Crippen LogP contribution in [-0.4, -0.2) is 37.4 Å². The summed E-state index contributed by atoms with van der Waals surface area (Å²) in [4.78, 5) is 12.2. The molecule has 6 nitrogen and oxygen atoms in total. The first-order valence-electron chi connectivity index (χ1n) is 6.13. The van der Waals surface area contributed by atoms with Gasteiger partial charge in [-0.05, 0) is 19.4 Å². The second kappa shape index (κ2) is 5.21. The molecule has 1 unspecified atom stereocenters. The Morgan fingerprint density at radius 2 is 2.10 bits per heavy atom. The van der Waals surface area contributed by atoms with Gasteiger partial charge in [0.1, 0.15) is 0 Å². The number of nitro groups is 1. The average Bonchev–Trinajstić information content (AvgIpc) is 2.33. The van der Waals surface area contributed by atoms with Gasteiger partial charge in [0.2, 0.25) is 0 Å². The minimum Gasteiger partial charge on any atom is -0.368 e. The number of hydrogen-bond acceptors (Lipinski definition) is 5. The number of nitrogens with zero attached hydrogens (tertiary/aromatic N) is 2. The van der Waals surface area contributed by atoms with Gasteiger partial charge in [-0.3, -0.25) is 10.1 Å². The zero-order valence-electron chi connectivity index (χ0n) is 11.2. The van der Waals surface area contributed by atoms with Gasteiger partial charge < -0.3 is 4.90 Å². The number of hydrogen-bond donors (Lipinski definition) is 0. The third-order valence-electron chi connectivity index (χ3n) is 3.50.